The van der Waals surface area contributed by atoms with Crippen LogP contribution in [0.4, 0.5) is 10.5 Å². The maximum absolute atomic E-state index is 13.1. The fraction of sp³-hybridized carbons (Fsp3) is 0.381. The lowest BCUT2D eigenvalue weighted by Gasteiger charge is -2.26. The van der Waals surface area contributed by atoms with Crippen LogP contribution in [0.1, 0.15) is 36.0 Å². The van der Waals surface area contributed by atoms with E-state index in [2.05, 4.69) is 21.7 Å². The lowest BCUT2D eigenvalue weighted by molar-refractivity contribution is -0.119. The number of nitrogens with one attached hydrogen (secondary N) is 2. The number of hydrogen-bond donors (Lipinski definition) is 2. The molecule has 1 aromatic carbocycles. The molecule has 2 aliphatic rings. The minimum Gasteiger partial charge on any atom is -0.352 e. The van der Waals surface area contributed by atoms with Crippen LogP contribution in [0.25, 0.3) is 0 Å². The molecular formula is C21H24N4O2. The van der Waals surface area contributed by atoms with Gasteiger partial charge < -0.3 is 15.5 Å². The van der Waals surface area contributed by atoms with E-state index in [9.17, 15) is 9.59 Å². The molecule has 0 radical (unpaired) electrons. The van der Waals surface area contributed by atoms with Crippen molar-refractivity contribution in [2.45, 2.75) is 44.7 Å². The minimum absolute atomic E-state index is 0.00609. The lowest BCUT2D eigenvalue weighted by Crippen LogP contribution is -2.43. The third kappa shape index (κ3) is 4.10. The number of amides is 3. The Morgan fingerprint density at radius 3 is 2.81 bits per heavy atom. The number of pyridine rings is 1. The molecule has 6 heteroatoms. The van der Waals surface area contributed by atoms with E-state index in [1.54, 1.807) is 17.3 Å². The summed E-state index contributed by atoms with van der Waals surface area (Å²) in [5, 5.41) is 6.06. The Morgan fingerprint density at radius 2 is 2.04 bits per heavy atom. The number of hydrogen-bond acceptors (Lipinski definition) is 3. The zero-order chi connectivity index (χ0) is 18.6. The Bertz CT molecular complexity index is 837. The van der Waals surface area contributed by atoms with Gasteiger partial charge in [0, 0.05) is 43.6 Å². The Kier molecular flexibility index (Phi) is 5.05. The first-order valence-electron chi connectivity index (χ1n) is 9.54. The molecular weight excluding hydrogens is 340 g/mol. The first-order valence-corrected chi connectivity index (χ1v) is 9.54. The summed E-state index contributed by atoms with van der Waals surface area (Å²) < 4.78 is 0. The van der Waals surface area contributed by atoms with Crippen LogP contribution in [0.2, 0.25) is 0 Å². The molecule has 140 valence electrons. The summed E-state index contributed by atoms with van der Waals surface area (Å²) in [5.74, 6) is 0.0603. The summed E-state index contributed by atoms with van der Waals surface area (Å²) in [7, 11) is 0. The second-order valence-corrected chi connectivity index (χ2v) is 7.27. The van der Waals surface area contributed by atoms with Crippen LogP contribution in [-0.2, 0) is 24.2 Å². The first kappa shape index (κ1) is 17.5. The van der Waals surface area contributed by atoms with E-state index >= 15 is 0 Å². The number of fused-ring (bicyclic) bond motifs is 1. The van der Waals surface area contributed by atoms with Gasteiger partial charge in [-0.05, 0) is 60.6 Å². The molecule has 0 bridgehead atoms. The topological polar surface area (TPSA) is 74.3 Å². The average molecular weight is 364 g/mol. The van der Waals surface area contributed by atoms with E-state index in [0.29, 0.717) is 19.5 Å². The Labute approximate surface area is 159 Å². The molecule has 27 heavy (non-hydrogen) atoms. The molecule has 1 saturated heterocycles. The second kappa shape index (κ2) is 7.78. The normalized spacial score (nSPS) is 18.1. The van der Waals surface area contributed by atoms with E-state index < -0.39 is 0 Å². The van der Waals surface area contributed by atoms with Gasteiger partial charge in [-0.1, -0.05) is 12.1 Å². The van der Waals surface area contributed by atoms with Crippen LogP contribution >= 0.6 is 0 Å². The summed E-state index contributed by atoms with van der Waals surface area (Å²) in [5.41, 5.74) is 4.51. The SMILES string of the molecule is O=C1CCC(CN(Cc2ccncc2)C(=O)Nc2cccc3c2CCC3)N1. The molecule has 0 saturated carbocycles. The van der Waals surface area contributed by atoms with Crippen molar-refractivity contribution < 1.29 is 9.59 Å². The highest BCUT2D eigenvalue weighted by molar-refractivity contribution is 5.90. The average Bonchev–Trinajstić information content (AvgIpc) is 3.31. The highest BCUT2D eigenvalue weighted by atomic mass is 16.2. The van der Waals surface area contributed by atoms with E-state index in [-0.39, 0.29) is 18.0 Å². The molecule has 1 unspecified atom stereocenters. The van der Waals surface area contributed by atoms with Crippen LogP contribution in [-0.4, -0.2) is 34.4 Å². The number of aryl methyl sites for hydroxylation is 1. The van der Waals surface area contributed by atoms with Crippen LogP contribution in [0.3, 0.4) is 0 Å². The van der Waals surface area contributed by atoms with Crippen LogP contribution in [0, 0.1) is 0 Å². The number of aromatic nitrogens is 1. The van der Waals surface area contributed by atoms with Crippen molar-refractivity contribution in [3.8, 4) is 0 Å². The van der Waals surface area contributed by atoms with Gasteiger partial charge in [-0.15, -0.1) is 0 Å². The third-order valence-electron chi connectivity index (χ3n) is 5.32. The number of urea groups is 1. The maximum atomic E-state index is 13.1. The molecule has 1 aromatic heterocycles. The van der Waals surface area contributed by atoms with Crippen molar-refractivity contribution in [2.24, 2.45) is 0 Å². The molecule has 1 fully saturated rings. The smallest absolute Gasteiger partial charge is 0.322 e. The lowest BCUT2D eigenvalue weighted by atomic mass is 10.1. The summed E-state index contributed by atoms with van der Waals surface area (Å²) >= 11 is 0. The van der Waals surface area contributed by atoms with Crippen LogP contribution < -0.4 is 10.6 Å². The van der Waals surface area contributed by atoms with Gasteiger partial charge in [0.1, 0.15) is 0 Å². The van der Waals surface area contributed by atoms with Crippen molar-refractivity contribution in [3.63, 3.8) is 0 Å². The van der Waals surface area contributed by atoms with E-state index in [1.807, 2.05) is 24.3 Å². The van der Waals surface area contributed by atoms with Gasteiger partial charge in [-0.3, -0.25) is 9.78 Å². The van der Waals surface area contributed by atoms with Crippen molar-refractivity contribution in [3.05, 3.63) is 59.4 Å². The summed E-state index contributed by atoms with van der Waals surface area (Å²) in [4.78, 5) is 30.4. The van der Waals surface area contributed by atoms with Crippen molar-refractivity contribution in [1.82, 2.24) is 15.2 Å². The first-order chi connectivity index (χ1) is 13.2. The quantitative estimate of drug-likeness (QED) is 0.857. The van der Waals surface area contributed by atoms with Gasteiger partial charge >= 0.3 is 6.03 Å². The van der Waals surface area contributed by atoms with Crippen molar-refractivity contribution in [1.29, 1.82) is 0 Å². The van der Waals surface area contributed by atoms with Gasteiger partial charge in [-0.25, -0.2) is 4.79 Å². The minimum atomic E-state index is -0.131. The van der Waals surface area contributed by atoms with Gasteiger partial charge in [0.05, 0.1) is 0 Å². The molecule has 2 aromatic rings. The monoisotopic (exact) mass is 364 g/mol. The molecule has 1 atom stereocenters. The number of benzene rings is 1. The van der Waals surface area contributed by atoms with Crippen molar-refractivity contribution >= 4 is 17.6 Å². The standard InChI is InChI=1S/C21H24N4O2/c26-20-8-7-17(23-20)14-25(13-15-9-11-22-12-10-15)21(27)24-19-6-2-4-16-3-1-5-18(16)19/h2,4,6,9-12,17H,1,3,5,7-8,13-14H2,(H,23,26)(H,24,27). The predicted octanol–water partition coefficient (Wildman–Crippen LogP) is 2.88. The molecule has 4 rings (SSSR count). The highest BCUT2D eigenvalue weighted by Crippen LogP contribution is 2.29. The summed E-state index contributed by atoms with van der Waals surface area (Å²) in [6.07, 6.45) is 7.97. The Hall–Kier alpha value is -2.89. The van der Waals surface area contributed by atoms with Gasteiger partial charge in [0.15, 0.2) is 0 Å². The van der Waals surface area contributed by atoms with E-state index in [1.165, 1.54) is 11.1 Å². The number of carbonyl (C=O) groups is 2. The van der Waals surface area contributed by atoms with E-state index in [0.717, 1.165) is 36.9 Å². The highest BCUT2D eigenvalue weighted by Gasteiger charge is 2.26. The summed E-state index contributed by atoms with van der Waals surface area (Å²) in [6, 6.07) is 9.82. The zero-order valence-corrected chi connectivity index (χ0v) is 15.3. The molecule has 2 N–H and O–H groups in total. The fourth-order valence-corrected chi connectivity index (χ4v) is 3.94. The molecule has 1 aliphatic heterocycles. The van der Waals surface area contributed by atoms with Crippen LogP contribution in [0.15, 0.2) is 42.7 Å². The zero-order valence-electron chi connectivity index (χ0n) is 15.3. The van der Waals surface area contributed by atoms with Crippen LogP contribution in [0.5, 0.6) is 0 Å². The molecule has 1 aliphatic carbocycles. The molecule has 6 nitrogen and oxygen atoms in total. The summed E-state index contributed by atoms with van der Waals surface area (Å²) in [6.45, 7) is 0.977. The number of nitrogens with zero attached hydrogens (tertiary/aromatic N) is 2. The Morgan fingerprint density at radius 1 is 1.19 bits per heavy atom. The number of carbonyl (C=O) groups excluding carboxylic acids is 2. The molecule has 3 amide bonds. The van der Waals surface area contributed by atoms with E-state index in [4.69, 9.17) is 0 Å². The van der Waals surface area contributed by atoms with Gasteiger partial charge in [0.25, 0.3) is 0 Å². The van der Waals surface area contributed by atoms with Gasteiger partial charge in [0.2, 0.25) is 5.91 Å². The molecule has 2 heterocycles. The predicted molar refractivity (Wildman–Crippen MR) is 103 cm³/mol. The number of anilines is 1. The Balaban J connectivity index is 1.51. The second-order valence-electron chi connectivity index (χ2n) is 7.27. The maximum Gasteiger partial charge on any atom is 0.322 e. The molecule has 0 spiro atoms. The largest absolute Gasteiger partial charge is 0.352 e. The van der Waals surface area contributed by atoms with Gasteiger partial charge in [-0.2, -0.15) is 0 Å². The number of rotatable bonds is 5. The third-order valence-corrected chi connectivity index (χ3v) is 5.32. The fourth-order valence-electron chi connectivity index (χ4n) is 3.94. The van der Waals surface area contributed by atoms with Crippen molar-refractivity contribution in [2.75, 3.05) is 11.9 Å².